The molecule has 28 heavy (non-hydrogen) atoms. The Kier molecular flexibility index (Phi) is 9.05. The first kappa shape index (κ1) is 22.5. The molecule has 158 valence electrons. The molecule has 1 fully saturated rings. The minimum atomic E-state index is -4.15. The summed E-state index contributed by atoms with van der Waals surface area (Å²) >= 11 is 0. The monoisotopic (exact) mass is 400 g/mol. The van der Waals surface area contributed by atoms with Crippen LogP contribution in [0.4, 0.5) is 13.2 Å². The molecule has 2 unspecified atom stereocenters. The number of benzene rings is 1. The number of halogens is 3. The summed E-state index contributed by atoms with van der Waals surface area (Å²) in [6, 6.07) is 9.98. The lowest BCUT2D eigenvalue weighted by Gasteiger charge is -2.20. The van der Waals surface area contributed by atoms with E-state index >= 15 is 0 Å². The Balaban J connectivity index is 1.73. The molecule has 1 heterocycles. The van der Waals surface area contributed by atoms with Crippen LogP contribution in [0.2, 0.25) is 0 Å². The second-order valence-electron chi connectivity index (χ2n) is 7.31. The summed E-state index contributed by atoms with van der Waals surface area (Å²) in [6.45, 7) is 6.46. The number of rotatable bonds is 9. The van der Waals surface area contributed by atoms with E-state index in [-0.39, 0.29) is 12.0 Å². The van der Waals surface area contributed by atoms with E-state index < -0.39 is 12.7 Å². The Hall–Kier alpha value is -1.80. The number of guanidine groups is 1. The third-order valence-electron chi connectivity index (χ3n) is 4.44. The molecule has 1 saturated heterocycles. The van der Waals surface area contributed by atoms with E-state index in [1.807, 2.05) is 37.3 Å². The van der Waals surface area contributed by atoms with Gasteiger partial charge in [-0.3, -0.25) is 9.89 Å². The maximum Gasteiger partial charge on any atom is 0.401 e. The van der Waals surface area contributed by atoms with Gasteiger partial charge in [0, 0.05) is 32.2 Å². The number of likely N-dealkylation sites (tertiary alicyclic amines) is 1. The molecule has 8 heteroatoms. The fourth-order valence-corrected chi connectivity index (χ4v) is 3.11. The highest BCUT2D eigenvalue weighted by molar-refractivity contribution is 5.80. The minimum Gasteiger partial charge on any atom is -0.376 e. The van der Waals surface area contributed by atoms with Crippen molar-refractivity contribution in [1.82, 2.24) is 15.5 Å². The van der Waals surface area contributed by atoms with Crippen LogP contribution in [0, 0.1) is 5.92 Å². The second-order valence-corrected chi connectivity index (χ2v) is 7.31. The van der Waals surface area contributed by atoms with E-state index in [0.717, 1.165) is 5.56 Å². The molecule has 1 aliphatic rings. The number of nitrogens with zero attached hydrogens (tertiary/aromatic N) is 2. The number of alkyl halides is 3. The van der Waals surface area contributed by atoms with Gasteiger partial charge in [-0.15, -0.1) is 0 Å². The van der Waals surface area contributed by atoms with Crippen molar-refractivity contribution >= 4 is 5.96 Å². The van der Waals surface area contributed by atoms with E-state index in [2.05, 4.69) is 22.5 Å². The number of hydrogen-bond donors (Lipinski definition) is 2. The van der Waals surface area contributed by atoms with Crippen molar-refractivity contribution in [3.8, 4) is 0 Å². The highest BCUT2D eigenvalue weighted by Crippen LogP contribution is 2.19. The lowest BCUT2D eigenvalue weighted by atomic mass is 10.2. The first-order chi connectivity index (χ1) is 13.4. The molecular weight excluding hydrogens is 369 g/mol. The fourth-order valence-electron chi connectivity index (χ4n) is 3.11. The zero-order valence-electron chi connectivity index (χ0n) is 16.6. The molecule has 0 saturated carbocycles. The third-order valence-corrected chi connectivity index (χ3v) is 4.44. The van der Waals surface area contributed by atoms with Crippen LogP contribution in [-0.4, -0.2) is 62.4 Å². The van der Waals surface area contributed by atoms with Gasteiger partial charge in [0.15, 0.2) is 5.96 Å². The van der Waals surface area contributed by atoms with Crippen LogP contribution in [0.3, 0.4) is 0 Å². The number of aliphatic imine (C=N–C) groups is 1. The van der Waals surface area contributed by atoms with Gasteiger partial charge in [0.1, 0.15) is 0 Å². The Morgan fingerprint density at radius 3 is 2.75 bits per heavy atom. The predicted octanol–water partition coefficient (Wildman–Crippen LogP) is 3.03. The summed E-state index contributed by atoms with van der Waals surface area (Å²) in [5.74, 6) is 0.890. The first-order valence-electron chi connectivity index (χ1n) is 9.81. The van der Waals surface area contributed by atoms with Crippen molar-refractivity contribution < 1.29 is 17.9 Å². The first-order valence-corrected chi connectivity index (χ1v) is 9.81. The van der Waals surface area contributed by atoms with Crippen LogP contribution in [-0.2, 0) is 11.3 Å². The van der Waals surface area contributed by atoms with Crippen molar-refractivity contribution in [3.05, 3.63) is 35.9 Å². The zero-order valence-corrected chi connectivity index (χ0v) is 16.6. The van der Waals surface area contributed by atoms with Crippen molar-refractivity contribution in [2.75, 3.05) is 39.3 Å². The summed E-state index contributed by atoms with van der Waals surface area (Å²) in [4.78, 5) is 6.01. The van der Waals surface area contributed by atoms with Crippen molar-refractivity contribution in [3.63, 3.8) is 0 Å². The lowest BCUT2D eigenvalue weighted by Crippen LogP contribution is -2.45. The van der Waals surface area contributed by atoms with Gasteiger partial charge >= 0.3 is 6.18 Å². The van der Waals surface area contributed by atoms with E-state index in [0.29, 0.717) is 51.8 Å². The van der Waals surface area contributed by atoms with Crippen molar-refractivity contribution in [1.29, 1.82) is 0 Å². The minimum absolute atomic E-state index is 0.0233. The van der Waals surface area contributed by atoms with Gasteiger partial charge in [0.2, 0.25) is 0 Å². The summed E-state index contributed by atoms with van der Waals surface area (Å²) < 4.78 is 43.3. The van der Waals surface area contributed by atoms with Gasteiger partial charge < -0.3 is 15.4 Å². The van der Waals surface area contributed by atoms with Gasteiger partial charge in [-0.1, -0.05) is 37.3 Å². The van der Waals surface area contributed by atoms with Gasteiger partial charge in [0.05, 0.1) is 19.8 Å². The quantitative estimate of drug-likeness (QED) is 0.494. The molecule has 2 rings (SSSR count). The third kappa shape index (κ3) is 8.93. The smallest absolute Gasteiger partial charge is 0.376 e. The van der Waals surface area contributed by atoms with Crippen LogP contribution in [0.1, 0.15) is 25.8 Å². The number of nitrogens with one attached hydrogen (secondary N) is 2. The summed E-state index contributed by atoms with van der Waals surface area (Å²) in [7, 11) is 0. The van der Waals surface area contributed by atoms with Crippen LogP contribution >= 0.6 is 0 Å². The fraction of sp³-hybridized carbons (Fsp3) is 0.650. The van der Waals surface area contributed by atoms with E-state index in [1.165, 1.54) is 4.90 Å². The number of ether oxygens (including phenoxy) is 1. The Bertz CT molecular complexity index is 595. The predicted molar refractivity (Wildman–Crippen MR) is 105 cm³/mol. The zero-order chi connectivity index (χ0) is 20.4. The maximum atomic E-state index is 12.5. The van der Waals surface area contributed by atoms with Gasteiger partial charge in [0.25, 0.3) is 0 Å². The molecular formula is C20H31F3N4O. The average Bonchev–Trinajstić information content (AvgIpc) is 3.06. The summed E-state index contributed by atoms with van der Waals surface area (Å²) in [5.41, 5.74) is 1.14. The topological polar surface area (TPSA) is 48.9 Å². The molecule has 1 aliphatic heterocycles. The Labute approximate surface area is 165 Å². The normalized spacial score (nSPS) is 19.6. The molecule has 2 N–H and O–H groups in total. The molecule has 0 radical (unpaired) electrons. The lowest BCUT2D eigenvalue weighted by molar-refractivity contribution is -0.143. The van der Waals surface area contributed by atoms with Crippen molar-refractivity contribution in [2.45, 2.75) is 39.1 Å². The molecule has 2 atom stereocenters. The van der Waals surface area contributed by atoms with Crippen LogP contribution in [0.15, 0.2) is 35.3 Å². The van der Waals surface area contributed by atoms with Crippen LogP contribution in [0.25, 0.3) is 0 Å². The average molecular weight is 400 g/mol. The largest absolute Gasteiger partial charge is 0.401 e. The summed E-state index contributed by atoms with van der Waals surface area (Å²) in [5, 5.41) is 6.43. The van der Waals surface area contributed by atoms with Gasteiger partial charge in [-0.05, 0) is 24.8 Å². The molecule has 0 aromatic heterocycles. The van der Waals surface area contributed by atoms with Crippen molar-refractivity contribution in [2.24, 2.45) is 10.9 Å². The highest BCUT2D eigenvalue weighted by Gasteiger charge is 2.34. The number of hydrogen-bond acceptors (Lipinski definition) is 3. The maximum absolute atomic E-state index is 12.5. The van der Waals surface area contributed by atoms with E-state index in [9.17, 15) is 13.2 Å². The van der Waals surface area contributed by atoms with Crippen LogP contribution < -0.4 is 10.6 Å². The molecule has 1 aromatic carbocycles. The molecule has 0 amide bonds. The van der Waals surface area contributed by atoms with E-state index in [4.69, 9.17) is 4.74 Å². The molecule has 1 aromatic rings. The molecule has 5 nitrogen and oxygen atoms in total. The Morgan fingerprint density at radius 1 is 1.32 bits per heavy atom. The SMILES string of the molecule is CCNC(=NCC(C)COCc1ccccc1)NC1CCN(CC(F)(F)F)C1. The highest BCUT2D eigenvalue weighted by atomic mass is 19.4. The van der Waals surface area contributed by atoms with Gasteiger partial charge in [-0.25, -0.2) is 0 Å². The molecule has 0 bridgehead atoms. The van der Waals surface area contributed by atoms with E-state index in [1.54, 1.807) is 0 Å². The summed E-state index contributed by atoms with van der Waals surface area (Å²) in [6.07, 6.45) is -3.47. The Morgan fingerprint density at radius 2 is 2.07 bits per heavy atom. The molecule has 0 aliphatic carbocycles. The standard InChI is InChI=1S/C20H31F3N4O/c1-3-24-19(26-18-9-10-27(12-18)15-20(21,22)23)25-11-16(2)13-28-14-17-7-5-4-6-8-17/h4-8,16,18H,3,9-15H2,1-2H3,(H2,24,25,26). The molecule has 0 spiro atoms. The second kappa shape index (κ2) is 11.3. The van der Waals surface area contributed by atoms with Crippen LogP contribution in [0.5, 0.6) is 0 Å². The van der Waals surface area contributed by atoms with Gasteiger partial charge in [-0.2, -0.15) is 13.2 Å².